The van der Waals surface area contributed by atoms with Gasteiger partial charge in [0.1, 0.15) is 5.69 Å². The van der Waals surface area contributed by atoms with Crippen molar-refractivity contribution < 1.29 is 9.32 Å². The Kier molecular flexibility index (Phi) is 3.64. The number of piperidine rings is 1. The zero-order valence-corrected chi connectivity index (χ0v) is 14.0. The molecule has 1 N–H and O–H groups in total. The second-order valence-electron chi connectivity index (χ2n) is 7.08. The van der Waals surface area contributed by atoms with Crippen molar-refractivity contribution in [2.24, 2.45) is 5.41 Å². The third-order valence-electron chi connectivity index (χ3n) is 5.41. The fraction of sp³-hybridized carbons (Fsp3) is 0.625. The van der Waals surface area contributed by atoms with Gasteiger partial charge in [-0.3, -0.25) is 14.8 Å². The van der Waals surface area contributed by atoms with Crippen LogP contribution in [0.15, 0.2) is 16.8 Å². The maximum Gasteiger partial charge on any atom is 0.271 e. The first-order valence-corrected chi connectivity index (χ1v) is 8.35. The summed E-state index contributed by atoms with van der Waals surface area (Å²) in [6, 6.07) is 1.91. The highest BCUT2D eigenvalue weighted by atomic mass is 16.5. The first-order chi connectivity index (χ1) is 11.6. The van der Waals surface area contributed by atoms with Gasteiger partial charge in [0.2, 0.25) is 5.89 Å². The molecule has 2 aliphatic rings. The van der Waals surface area contributed by atoms with E-state index in [-0.39, 0.29) is 17.4 Å². The summed E-state index contributed by atoms with van der Waals surface area (Å²) in [7, 11) is 2.11. The van der Waals surface area contributed by atoms with Crippen LogP contribution in [0.25, 0.3) is 0 Å². The molecule has 4 rings (SSSR count). The molecule has 128 valence electrons. The van der Waals surface area contributed by atoms with Gasteiger partial charge in [-0.2, -0.15) is 10.1 Å². The summed E-state index contributed by atoms with van der Waals surface area (Å²) in [4.78, 5) is 21.1. The Balaban J connectivity index is 1.43. The van der Waals surface area contributed by atoms with Crippen LogP contribution < -0.4 is 0 Å². The third kappa shape index (κ3) is 2.60. The maximum atomic E-state index is 12.4. The normalized spacial score (nSPS) is 23.9. The average molecular weight is 330 g/mol. The van der Waals surface area contributed by atoms with Crippen LogP contribution >= 0.6 is 0 Å². The van der Waals surface area contributed by atoms with Crippen LogP contribution in [-0.4, -0.2) is 62.7 Å². The van der Waals surface area contributed by atoms with Crippen LogP contribution in [0.3, 0.4) is 0 Å². The van der Waals surface area contributed by atoms with Crippen molar-refractivity contribution in [3.63, 3.8) is 0 Å². The Hall–Kier alpha value is -2.22. The molecular formula is C16H22N6O2. The second kappa shape index (κ2) is 5.70. The van der Waals surface area contributed by atoms with Gasteiger partial charge < -0.3 is 9.42 Å². The number of carbonyl (C=O) groups is 1. The summed E-state index contributed by atoms with van der Waals surface area (Å²) in [6.45, 7) is 4.41. The molecule has 1 atom stereocenters. The number of amides is 1. The Bertz CT molecular complexity index is 717. The van der Waals surface area contributed by atoms with Crippen molar-refractivity contribution in [1.29, 1.82) is 0 Å². The standard InChI is InChI=1S/C16H22N6O2/c1-11-18-14(24-20-11)13-9-16(10-21(13)2)4-7-22(8-5-16)15(23)12-3-6-17-19-12/h3,6,13H,4-5,7-10H2,1-2H3,(H,17,19). The number of nitrogens with one attached hydrogen (secondary N) is 1. The lowest BCUT2D eigenvalue weighted by atomic mass is 9.76. The van der Waals surface area contributed by atoms with Gasteiger partial charge in [0, 0.05) is 25.8 Å². The molecule has 2 aromatic rings. The fourth-order valence-electron chi connectivity index (χ4n) is 4.09. The van der Waals surface area contributed by atoms with Crippen molar-refractivity contribution in [3.8, 4) is 0 Å². The molecule has 1 unspecified atom stereocenters. The number of H-pyrrole nitrogens is 1. The highest BCUT2D eigenvalue weighted by molar-refractivity contribution is 5.92. The van der Waals surface area contributed by atoms with E-state index < -0.39 is 0 Å². The van der Waals surface area contributed by atoms with Crippen LogP contribution in [0.5, 0.6) is 0 Å². The minimum Gasteiger partial charge on any atom is -0.338 e. The van der Waals surface area contributed by atoms with E-state index in [0.717, 1.165) is 38.9 Å². The minimum absolute atomic E-state index is 0.0396. The van der Waals surface area contributed by atoms with Gasteiger partial charge in [-0.15, -0.1) is 0 Å². The number of aromatic nitrogens is 4. The van der Waals surface area contributed by atoms with Gasteiger partial charge in [0.15, 0.2) is 5.82 Å². The highest BCUT2D eigenvalue weighted by Crippen LogP contribution is 2.47. The van der Waals surface area contributed by atoms with Crippen LogP contribution in [0.2, 0.25) is 0 Å². The van der Waals surface area contributed by atoms with Gasteiger partial charge in [-0.25, -0.2) is 0 Å². The van der Waals surface area contributed by atoms with Gasteiger partial charge >= 0.3 is 0 Å². The lowest BCUT2D eigenvalue weighted by Gasteiger charge is -2.39. The molecule has 24 heavy (non-hydrogen) atoms. The molecule has 8 nitrogen and oxygen atoms in total. The van der Waals surface area contributed by atoms with Gasteiger partial charge in [0.25, 0.3) is 5.91 Å². The van der Waals surface area contributed by atoms with Crippen LogP contribution in [0, 0.1) is 12.3 Å². The summed E-state index contributed by atoms with van der Waals surface area (Å²) in [5, 5.41) is 10.5. The molecule has 2 fully saturated rings. The first kappa shape index (κ1) is 15.3. The molecule has 2 saturated heterocycles. The molecule has 1 spiro atoms. The average Bonchev–Trinajstić information content (AvgIpc) is 3.29. The fourth-order valence-corrected chi connectivity index (χ4v) is 4.09. The molecule has 2 aliphatic heterocycles. The lowest BCUT2D eigenvalue weighted by molar-refractivity contribution is 0.0587. The van der Waals surface area contributed by atoms with Crippen LogP contribution in [-0.2, 0) is 0 Å². The highest BCUT2D eigenvalue weighted by Gasteiger charge is 2.47. The molecule has 2 aromatic heterocycles. The number of hydrogen-bond donors (Lipinski definition) is 1. The SMILES string of the molecule is Cc1noc(C2CC3(CCN(C(=O)c4ccn[nH]4)CC3)CN2C)n1. The van der Waals surface area contributed by atoms with E-state index in [4.69, 9.17) is 4.52 Å². The first-order valence-electron chi connectivity index (χ1n) is 8.35. The van der Waals surface area contributed by atoms with E-state index in [1.165, 1.54) is 0 Å². The summed E-state index contributed by atoms with van der Waals surface area (Å²) in [6.07, 6.45) is 4.63. The monoisotopic (exact) mass is 330 g/mol. The predicted molar refractivity (Wildman–Crippen MR) is 85.2 cm³/mol. The van der Waals surface area contributed by atoms with E-state index in [1.54, 1.807) is 12.3 Å². The zero-order valence-electron chi connectivity index (χ0n) is 14.0. The van der Waals surface area contributed by atoms with E-state index in [1.807, 2.05) is 11.8 Å². The summed E-state index contributed by atoms with van der Waals surface area (Å²) < 4.78 is 5.38. The number of rotatable bonds is 2. The molecule has 4 heterocycles. The zero-order chi connectivity index (χ0) is 16.7. The predicted octanol–water partition coefficient (Wildman–Crippen LogP) is 1.40. The van der Waals surface area contributed by atoms with Gasteiger partial charge in [-0.1, -0.05) is 5.16 Å². The Morgan fingerprint density at radius 2 is 2.21 bits per heavy atom. The van der Waals surface area contributed by atoms with E-state index in [0.29, 0.717) is 17.4 Å². The smallest absolute Gasteiger partial charge is 0.271 e. The van der Waals surface area contributed by atoms with Crippen molar-refractivity contribution in [3.05, 3.63) is 29.7 Å². The molecule has 0 radical (unpaired) electrons. The molecule has 0 aromatic carbocycles. The van der Waals surface area contributed by atoms with Gasteiger partial charge in [0.05, 0.1) is 6.04 Å². The molecule has 0 saturated carbocycles. The molecule has 1 amide bonds. The third-order valence-corrected chi connectivity index (χ3v) is 5.41. The van der Waals surface area contributed by atoms with E-state index in [9.17, 15) is 4.79 Å². The van der Waals surface area contributed by atoms with E-state index >= 15 is 0 Å². The summed E-state index contributed by atoms with van der Waals surface area (Å²) in [5.41, 5.74) is 0.792. The second-order valence-corrected chi connectivity index (χ2v) is 7.08. The largest absolute Gasteiger partial charge is 0.338 e. The quantitative estimate of drug-likeness (QED) is 0.895. The number of hydrogen-bond acceptors (Lipinski definition) is 6. The van der Waals surface area contributed by atoms with Crippen molar-refractivity contribution in [2.45, 2.75) is 32.2 Å². The van der Waals surface area contributed by atoms with Crippen LogP contribution in [0.1, 0.15) is 47.5 Å². The lowest BCUT2D eigenvalue weighted by Crippen LogP contribution is -2.44. The van der Waals surface area contributed by atoms with E-state index in [2.05, 4.69) is 32.3 Å². The van der Waals surface area contributed by atoms with Crippen molar-refractivity contribution in [1.82, 2.24) is 30.1 Å². The summed E-state index contributed by atoms with van der Waals surface area (Å²) in [5.74, 6) is 1.43. The number of aromatic amines is 1. The Morgan fingerprint density at radius 1 is 1.42 bits per heavy atom. The molecule has 0 bridgehead atoms. The minimum atomic E-state index is 0.0396. The number of nitrogens with zero attached hydrogens (tertiary/aromatic N) is 5. The molecule has 8 heteroatoms. The van der Waals surface area contributed by atoms with Gasteiger partial charge in [-0.05, 0) is 44.7 Å². The van der Waals surface area contributed by atoms with Crippen molar-refractivity contribution >= 4 is 5.91 Å². The Labute approximate surface area is 140 Å². The Morgan fingerprint density at radius 3 is 2.83 bits per heavy atom. The van der Waals surface area contributed by atoms with Crippen molar-refractivity contribution in [2.75, 3.05) is 26.7 Å². The molecular weight excluding hydrogens is 308 g/mol. The van der Waals surface area contributed by atoms with Crippen LogP contribution in [0.4, 0.5) is 0 Å². The number of aryl methyl sites for hydroxylation is 1. The molecule has 0 aliphatic carbocycles. The topological polar surface area (TPSA) is 91.2 Å². The number of carbonyl (C=O) groups excluding carboxylic acids is 1. The number of likely N-dealkylation sites (tertiary alicyclic amines) is 2. The summed E-state index contributed by atoms with van der Waals surface area (Å²) >= 11 is 0. The maximum absolute atomic E-state index is 12.4.